The first-order chi connectivity index (χ1) is 13.6. The van der Waals surface area contributed by atoms with E-state index in [4.69, 9.17) is 4.74 Å². The smallest absolute Gasteiger partial charge is 0.151 e. The molecule has 0 aromatic heterocycles. The molecule has 28 heavy (non-hydrogen) atoms. The van der Waals surface area contributed by atoms with Crippen LogP contribution in [0.4, 0.5) is 17.1 Å². The van der Waals surface area contributed by atoms with Gasteiger partial charge in [-0.25, -0.2) is 0 Å². The average molecular weight is 367 g/mol. The van der Waals surface area contributed by atoms with Crippen molar-refractivity contribution in [3.8, 4) is 11.5 Å². The lowest BCUT2D eigenvalue weighted by molar-refractivity contribution is 0.471. The molecule has 0 saturated heterocycles. The molecule has 0 N–H and O–H groups in total. The molecule has 140 valence electrons. The van der Waals surface area contributed by atoms with Gasteiger partial charge in [-0.1, -0.05) is 57.2 Å². The van der Waals surface area contributed by atoms with E-state index in [0.29, 0.717) is 0 Å². The van der Waals surface area contributed by atoms with Crippen LogP contribution in [0, 0.1) is 0 Å². The van der Waals surface area contributed by atoms with Crippen LogP contribution in [0.15, 0.2) is 66.7 Å². The van der Waals surface area contributed by atoms with Gasteiger partial charge in [-0.2, -0.15) is 0 Å². The van der Waals surface area contributed by atoms with Crippen LogP contribution in [0.3, 0.4) is 0 Å². The van der Waals surface area contributed by atoms with E-state index >= 15 is 0 Å². The summed E-state index contributed by atoms with van der Waals surface area (Å²) in [5.74, 6) is 1.84. The van der Waals surface area contributed by atoms with Gasteiger partial charge in [-0.15, -0.1) is 0 Å². The molecule has 2 nitrogen and oxygen atoms in total. The summed E-state index contributed by atoms with van der Waals surface area (Å²) in [6.07, 6.45) is 3.27. The second-order valence-corrected chi connectivity index (χ2v) is 8.08. The standard InChI is InChI=1S/C26H25NO/c1-5-17(6-2)18-14-15-21-20(16-18)26(3,4)19-10-9-13-24-25(19)27(21)22-11-7-8-12-23(22)28-24/h5,7-16H,6H2,1-4H3. The number of hydrogen-bond acceptors (Lipinski definition) is 2. The molecule has 3 aromatic carbocycles. The molecular formula is C26H25NO. The lowest BCUT2D eigenvalue weighted by Gasteiger charge is -2.45. The van der Waals surface area contributed by atoms with Crippen LogP contribution >= 0.6 is 0 Å². The molecule has 0 atom stereocenters. The van der Waals surface area contributed by atoms with Gasteiger partial charge < -0.3 is 9.64 Å². The van der Waals surface area contributed by atoms with E-state index < -0.39 is 0 Å². The summed E-state index contributed by atoms with van der Waals surface area (Å²) in [5.41, 5.74) is 8.80. The van der Waals surface area contributed by atoms with Crippen molar-refractivity contribution < 1.29 is 4.74 Å². The maximum absolute atomic E-state index is 6.28. The second kappa shape index (κ2) is 6.00. The van der Waals surface area contributed by atoms with E-state index in [1.54, 1.807) is 0 Å². The van der Waals surface area contributed by atoms with Crippen LogP contribution in [0.1, 0.15) is 50.8 Å². The minimum absolute atomic E-state index is 0.102. The van der Waals surface area contributed by atoms with Crippen LogP contribution in [-0.2, 0) is 5.41 Å². The van der Waals surface area contributed by atoms with Crippen LogP contribution < -0.4 is 9.64 Å². The van der Waals surface area contributed by atoms with Crippen molar-refractivity contribution >= 4 is 22.6 Å². The fraction of sp³-hybridized carbons (Fsp3) is 0.231. The summed E-state index contributed by atoms with van der Waals surface area (Å²) in [6.45, 7) is 9.00. The van der Waals surface area contributed by atoms with Gasteiger partial charge in [0.1, 0.15) is 0 Å². The largest absolute Gasteiger partial charge is 0.453 e. The average Bonchev–Trinajstić information content (AvgIpc) is 2.72. The minimum Gasteiger partial charge on any atom is -0.453 e. The molecule has 2 heteroatoms. The van der Waals surface area contributed by atoms with Crippen LogP contribution in [-0.4, -0.2) is 0 Å². The molecule has 0 radical (unpaired) electrons. The summed E-state index contributed by atoms with van der Waals surface area (Å²) in [6, 6.07) is 21.7. The molecule has 0 spiro atoms. The molecular weight excluding hydrogens is 342 g/mol. The van der Waals surface area contributed by atoms with Crippen LogP contribution in [0.25, 0.3) is 5.57 Å². The van der Waals surface area contributed by atoms with Crippen LogP contribution in [0.5, 0.6) is 11.5 Å². The lowest BCUT2D eigenvalue weighted by atomic mass is 9.72. The first-order valence-electron chi connectivity index (χ1n) is 10.1. The molecule has 2 aliphatic rings. The van der Waals surface area contributed by atoms with Crippen LogP contribution in [0.2, 0.25) is 0 Å². The quantitative estimate of drug-likeness (QED) is 0.359. The molecule has 2 aliphatic heterocycles. The molecule has 0 bridgehead atoms. The predicted molar refractivity (Wildman–Crippen MR) is 117 cm³/mol. The minimum atomic E-state index is -0.102. The molecule has 0 unspecified atom stereocenters. The summed E-state index contributed by atoms with van der Waals surface area (Å²) in [4.78, 5) is 2.38. The van der Waals surface area contributed by atoms with Gasteiger partial charge in [0.25, 0.3) is 0 Å². The molecule has 0 aliphatic carbocycles. The van der Waals surface area contributed by atoms with Gasteiger partial charge in [0.15, 0.2) is 11.5 Å². The number of rotatable bonds is 2. The summed E-state index contributed by atoms with van der Waals surface area (Å²) < 4.78 is 6.28. The summed E-state index contributed by atoms with van der Waals surface area (Å²) >= 11 is 0. The van der Waals surface area contributed by atoms with E-state index in [-0.39, 0.29) is 5.41 Å². The molecule has 2 heterocycles. The van der Waals surface area contributed by atoms with Crippen molar-refractivity contribution in [1.82, 2.24) is 0 Å². The van der Waals surface area contributed by atoms with Crippen molar-refractivity contribution in [2.24, 2.45) is 0 Å². The Hall–Kier alpha value is -3.00. The molecule has 0 fully saturated rings. The van der Waals surface area contributed by atoms with Gasteiger partial charge in [0.05, 0.1) is 17.1 Å². The number of para-hydroxylation sites is 3. The lowest BCUT2D eigenvalue weighted by Crippen LogP contribution is -2.32. The van der Waals surface area contributed by atoms with Crippen molar-refractivity contribution in [1.29, 1.82) is 0 Å². The van der Waals surface area contributed by atoms with E-state index in [1.165, 1.54) is 33.6 Å². The van der Waals surface area contributed by atoms with Crippen molar-refractivity contribution in [2.75, 3.05) is 4.90 Å². The number of hydrogen-bond donors (Lipinski definition) is 0. The zero-order valence-corrected chi connectivity index (χ0v) is 16.9. The number of fused-ring (bicyclic) bond motifs is 4. The van der Waals surface area contributed by atoms with Crippen molar-refractivity contribution in [3.05, 3.63) is 83.4 Å². The van der Waals surface area contributed by atoms with E-state index in [1.807, 2.05) is 12.1 Å². The fourth-order valence-corrected chi connectivity index (χ4v) is 4.71. The number of ether oxygens (including phenoxy) is 1. The Morgan fingerprint density at radius 2 is 1.71 bits per heavy atom. The predicted octanol–water partition coefficient (Wildman–Crippen LogP) is 7.71. The first kappa shape index (κ1) is 17.1. The normalized spacial score (nSPS) is 16.0. The molecule has 0 saturated carbocycles. The summed E-state index contributed by atoms with van der Waals surface area (Å²) in [5, 5.41) is 0. The highest BCUT2D eigenvalue weighted by Crippen LogP contribution is 2.59. The fourth-order valence-electron chi connectivity index (χ4n) is 4.71. The SMILES string of the molecule is CC=C(CC)c1ccc2c(c1)C(C)(C)c1cccc3c1N2c1ccccc1O3. The van der Waals surface area contributed by atoms with Gasteiger partial charge >= 0.3 is 0 Å². The number of anilines is 3. The topological polar surface area (TPSA) is 12.5 Å². The van der Waals surface area contributed by atoms with E-state index in [0.717, 1.165) is 23.6 Å². The Morgan fingerprint density at radius 3 is 2.50 bits per heavy atom. The Kier molecular flexibility index (Phi) is 3.67. The maximum Gasteiger partial charge on any atom is 0.151 e. The Bertz CT molecular complexity index is 1120. The van der Waals surface area contributed by atoms with Gasteiger partial charge in [-0.3, -0.25) is 0 Å². The highest BCUT2D eigenvalue weighted by molar-refractivity contribution is 5.93. The molecule has 0 amide bonds. The van der Waals surface area contributed by atoms with Gasteiger partial charge in [-0.05, 0) is 65.9 Å². The van der Waals surface area contributed by atoms with Gasteiger partial charge in [0, 0.05) is 5.41 Å². The Balaban J connectivity index is 1.83. The third kappa shape index (κ3) is 2.21. The second-order valence-electron chi connectivity index (χ2n) is 8.08. The zero-order valence-electron chi connectivity index (χ0n) is 16.9. The third-order valence-electron chi connectivity index (χ3n) is 6.23. The van der Waals surface area contributed by atoms with Gasteiger partial charge in [0.2, 0.25) is 0 Å². The number of benzene rings is 3. The van der Waals surface area contributed by atoms with E-state index in [2.05, 4.69) is 87.2 Å². The highest BCUT2D eigenvalue weighted by atomic mass is 16.5. The summed E-state index contributed by atoms with van der Waals surface area (Å²) in [7, 11) is 0. The van der Waals surface area contributed by atoms with Crippen molar-refractivity contribution in [3.63, 3.8) is 0 Å². The monoisotopic (exact) mass is 367 g/mol. The van der Waals surface area contributed by atoms with E-state index in [9.17, 15) is 0 Å². The first-order valence-corrected chi connectivity index (χ1v) is 10.1. The number of nitrogens with zero attached hydrogens (tertiary/aromatic N) is 1. The molecule has 3 aromatic rings. The third-order valence-corrected chi connectivity index (χ3v) is 6.23. The molecule has 5 rings (SSSR count). The Morgan fingerprint density at radius 1 is 0.929 bits per heavy atom. The van der Waals surface area contributed by atoms with Crippen molar-refractivity contribution in [2.45, 2.75) is 39.5 Å². The zero-order chi connectivity index (χ0) is 19.5. The maximum atomic E-state index is 6.28. The number of allylic oxidation sites excluding steroid dienone is 2. The Labute approximate surface area is 167 Å². The highest BCUT2D eigenvalue weighted by Gasteiger charge is 2.41.